The van der Waals surface area contributed by atoms with Crippen molar-refractivity contribution in [3.8, 4) is 5.75 Å². The second-order valence-corrected chi connectivity index (χ2v) is 7.25. The smallest absolute Gasteiger partial charge is 1.00 e. The van der Waals surface area contributed by atoms with Gasteiger partial charge in [0.1, 0.15) is 5.75 Å². The molecule has 0 aliphatic rings. The van der Waals surface area contributed by atoms with Gasteiger partial charge in [0.15, 0.2) is 5.52 Å². The Labute approximate surface area is 162 Å². The van der Waals surface area contributed by atoms with Crippen LogP contribution >= 0.6 is 31.8 Å². The van der Waals surface area contributed by atoms with E-state index in [4.69, 9.17) is 27.9 Å². The monoisotopic (exact) mass is 362 g/mol. The number of hydrogen-bond donors (Lipinski definition) is 0. The van der Waals surface area contributed by atoms with E-state index in [0.29, 0.717) is 15.6 Å². The zero-order valence-electron chi connectivity index (χ0n) is 14.6. The largest absolute Gasteiger partial charge is 1.00 e. The number of carbonyl (C=O) groups is 1. The Balaban J connectivity index is 0.00000264. The first-order chi connectivity index (χ1) is 10.4. The van der Waals surface area contributed by atoms with E-state index in [1.165, 1.54) is 0 Å². The van der Waals surface area contributed by atoms with Crippen molar-refractivity contribution in [1.82, 2.24) is 0 Å². The van der Waals surface area contributed by atoms with Crippen molar-refractivity contribution >= 4 is 42.6 Å². The van der Waals surface area contributed by atoms with Crippen molar-refractivity contribution in [2.75, 3.05) is 0 Å². The fraction of sp³-hybridized carbons (Fsp3) is 0.235. The third-order valence-corrected chi connectivity index (χ3v) is 4.95. The summed E-state index contributed by atoms with van der Waals surface area (Å²) in [6.07, 6.45) is 0.122. The van der Waals surface area contributed by atoms with Crippen LogP contribution in [0.4, 0.5) is 0 Å². The maximum absolute atomic E-state index is 12.5. The molecule has 0 fully saturated rings. The molecule has 0 aliphatic heterocycles. The average molecular weight is 363 g/mol. The third-order valence-electron chi connectivity index (χ3n) is 3.01. The second kappa shape index (κ2) is 9.12. The molecule has 2 nitrogen and oxygen atoms in total. The summed E-state index contributed by atoms with van der Waals surface area (Å²) < 4.78 is 5.65. The normalized spacial score (nSPS) is 10.9. The van der Waals surface area contributed by atoms with E-state index >= 15 is 0 Å². The minimum Gasteiger partial charge on any atom is -1.00 e. The maximum atomic E-state index is 12.5. The zero-order valence-corrected chi connectivity index (χ0v) is 16.1. The van der Waals surface area contributed by atoms with Crippen LogP contribution in [-0.4, -0.2) is 11.6 Å². The van der Waals surface area contributed by atoms with Crippen LogP contribution in [0.2, 0.25) is 10.0 Å². The summed E-state index contributed by atoms with van der Waals surface area (Å²) >= 11 is 12.2. The fourth-order valence-corrected chi connectivity index (χ4v) is 3.82. The quantitative estimate of drug-likeness (QED) is 0.602. The Kier molecular flexibility index (Phi) is 8.15. The number of benzene rings is 2. The summed E-state index contributed by atoms with van der Waals surface area (Å²) in [4.78, 5) is 12.5. The molecule has 0 bridgehead atoms. The van der Waals surface area contributed by atoms with Gasteiger partial charge in [-0.15, -0.1) is 0 Å². The van der Waals surface area contributed by atoms with Crippen LogP contribution in [0.1, 0.15) is 31.2 Å². The topological polar surface area (TPSA) is 26.3 Å². The first-order valence-electron chi connectivity index (χ1n) is 6.91. The van der Waals surface area contributed by atoms with Crippen LogP contribution in [0.25, 0.3) is 0 Å². The SMILES string of the molecule is Cc1cc(OC(C)C)ccc1PC(=O)c1c(Cl)cccc1Cl.[H-].[Li+]. The van der Waals surface area contributed by atoms with Crippen molar-refractivity contribution in [3.05, 3.63) is 57.6 Å². The van der Waals surface area contributed by atoms with Crippen molar-refractivity contribution < 1.29 is 29.8 Å². The molecule has 118 valence electrons. The third kappa shape index (κ3) is 5.52. The minimum atomic E-state index is -0.0590. The predicted molar refractivity (Wildman–Crippen MR) is 96.8 cm³/mol. The van der Waals surface area contributed by atoms with Gasteiger partial charge in [-0.3, -0.25) is 4.79 Å². The summed E-state index contributed by atoms with van der Waals surface area (Å²) in [5.41, 5.74) is 1.36. The Morgan fingerprint density at radius 1 is 1.17 bits per heavy atom. The fourth-order valence-electron chi connectivity index (χ4n) is 2.02. The van der Waals surface area contributed by atoms with Crippen LogP contribution in [-0.2, 0) is 0 Å². The first kappa shape index (κ1) is 20.6. The standard InChI is InChI=1S/C17H17Cl2O2P.Li.H/c1-10(2)21-12-7-8-15(11(3)9-12)22-17(20)16-13(18)5-4-6-14(16)19;;/h4-10,22H,1-3H3;;/q;+1;-1. The molecule has 0 heterocycles. The number of carbonyl (C=O) groups excluding carboxylic acids is 1. The van der Waals surface area contributed by atoms with Gasteiger partial charge in [-0.2, -0.15) is 0 Å². The van der Waals surface area contributed by atoms with E-state index in [9.17, 15) is 4.79 Å². The molecule has 2 aromatic rings. The summed E-state index contributed by atoms with van der Waals surface area (Å²) in [5.74, 6) is 0.810. The van der Waals surface area contributed by atoms with E-state index in [2.05, 4.69) is 0 Å². The van der Waals surface area contributed by atoms with Crippen LogP contribution in [0.5, 0.6) is 5.75 Å². The molecule has 0 saturated heterocycles. The molecule has 0 radical (unpaired) electrons. The van der Waals surface area contributed by atoms with E-state index in [0.717, 1.165) is 16.6 Å². The van der Waals surface area contributed by atoms with Gasteiger partial charge in [-0.1, -0.05) is 35.3 Å². The molecule has 23 heavy (non-hydrogen) atoms. The van der Waals surface area contributed by atoms with E-state index < -0.39 is 0 Å². The maximum Gasteiger partial charge on any atom is 1.00 e. The number of ether oxygens (including phenoxy) is 1. The molecule has 0 amide bonds. The van der Waals surface area contributed by atoms with Gasteiger partial charge in [0.05, 0.1) is 21.7 Å². The van der Waals surface area contributed by atoms with Gasteiger partial charge in [0, 0.05) is 0 Å². The summed E-state index contributed by atoms with van der Waals surface area (Å²) in [5, 5.41) is 1.75. The number of rotatable bonds is 5. The zero-order chi connectivity index (χ0) is 16.3. The van der Waals surface area contributed by atoms with E-state index in [-0.39, 0.29) is 40.5 Å². The summed E-state index contributed by atoms with van der Waals surface area (Å²) in [6.45, 7) is 5.93. The number of halogens is 2. The Hall–Kier alpha value is -0.483. The summed E-state index contributed by atoms with van der Waals surface area (Å²) in [6, 6.07) is 10.8. The van der Waals surface area contributed by atoms with Gasteiger partial charge in [0.25, 0.3) is 0 Å². The second-order valence-electron chi connectivity index (χ2n) is 5.19. The van der Waals surface area contributed by atoms with Crippen molar-refractivity contribution in [1.29, 1.82) is 0 Å². The molecule has 6 heteroatoms. The van der Waals surface area contributed by atoms with Crippen LogP contribution < -0.4 is 28.9 Å². The molecule has 0 N–H and O–H groups in total. The van der Waals surface area contributed by atoms with Crippen LogP contribution in [0, 0.1) is 6.92 Å². The van der Waals surface area contributed by atoms with Gasteiger partial charge >= 0.3 is 18.9 Å². The summed E-state index contributed by atoms with van der Waals surface area (Å²) in [7, 11) is -0.0238. The predicted octanol–water partition coefficient (Wildman–Crippen LogP) is 2.35. The van der Waals surface area contributed by atoms with E-state index in [1.807, 2.05) is 39.0 Å². The van der Waals surface area contributed by atoms with Crippen molar-refractivity contribution in [2.45, 2.75) is 26.9 Å². The molecule has 2 aromatic carbocycles. The first-order valence-corrected chi connectivity index (χ1v) is 8.66. The van der Waals surface area contributed by atoms with Crippen LogP contribution in [0.3, 0.4) is 0 Å². The van der Waals surface area contributed by atoms with Gasteiger partial charge in [-0.05, 0) is 64.5 Å². The van der Waals surface area contributed by atoms with Gasteiger partial charge in [0.2, 0.25) is 0 Å². The molecule has 0 aliphatic carbocycles. The Bertz CT molecular complexity index is 691. The Morgan fingerprint density at radius 2 is 1.78 bits per heavy atom. The Morgan fingerprint density at radius 3 is 2.30 bits per heavy atom. The molecule has 1 unspecified atom stereocenters. The van der Waals surface area contributed by atoms with Crippen molar-refractivity contribution in [3.63, 3.8) is 0 Å². The molecule has 0 spiro atoms. The molecule has 0 saturated carbocycles. The average Bonchev–Trinajstić information content (AvgIpc) is 2.41. The minimum absolute atomic E-state index is 0. The molecule has 0 aromatic heterocycles. The van der Waals surface area contributed by atoms with Crippen molar-refractivity contribution in [2.24, 2.45) is 0 Å². The number of aryl methyl sites for hydroxylation is 1. The molecular weight excluding hydrogens is 345 g/mol. The van der Waals surface area contributed by atoms with Crippen LogP contribution in [0.15, 0.2) is 36.4 Å². The van der Waals surface area contributed by atoms with Gasteiger partial charge < -0.3 is 6.16 Å². The van der Waals surface area contributed by atoms with Gasteiger partial charge in [-0.25, -0.2) is 0 Å². The number of hydrogen-bond acceptors (Lipinski definition) is 2. The van der Waals surface area contributed by atoms with E-state index in [1.54, 1.807) is 18.2 Å². The molecular formula is C17H18Cl2LiO2P. The molecule has 1 atom stereocenters. The molecule has 2 rings (SSSR count).